The molecule has 3 N–H and O–H groups in total. The summed E-state index contributed by atoms with van der Waals surface area (Å²) in [5.41, 5.74) is 0. The van der Waals surface area contributed by atoms with E-state index in [1.54, 1.807) is 0 Å². The molecule has 0 saturated heterocycles. The number of carbonyl (C=O) groups is 4. The van der Waals surface area contributed by atoms with Crippen LogP contribution in [0.1, 0.15) is 402 Å². The van der Waals surface area contributed by atoms with Crippen LogP contribution >= 0.6 is 15.6 Å². The number of esters is 4. The first-order chi connectivity index (χ1) is 47.1. The average molecular weight is 1440 g/mol. The molecule has 0 radical (unpaired) electrons. The lowest BCUT2D eigenvalue weighted by molar-refractivity contribution is -0.161. The minimum absolute atomic E-state index is 0.105. The number of hydrogen-bond acceptors (Lipinski definition) is 15. The van der Waals surface area contributed by atoms with Gasteiger partial charge in [-0.1, -0.05) is 351 Å². The van der Waals surface area contributed by atoms with Crippen LogP contribution in [-0.4, -0.2) is 96.7 Å². The molecule has 6 atom stereocenters. The third-order valence-corrected chi connectivity index (χ3v) is 20.6. The Labute approximate surface area is 600 Å². The zero-order valence-corrected chi connectivity index (χ0v) is 66.2. The number of aliphatic hydroxyl groups is 1. The second-order valence-electron chi connectivity index (χ2n) is 30.1. The maximum Gasteiger partial charge on any atom is 0.472 e. The zero-order chi connectivity index (χ0) is 72.4. The number of aliphatic hydroxyl groups excluding tert-OH is 1. The average Bonchev–Trinajstić information content (AvgIpc) is 1.00. The molecule has 19 heteroatoms. The van der Waals surface area contributed by atoms with Crippen LogP contribution in [0.2, 0.25) is 0 Å². The van der Waals surface area contributed by atoms with Crippen LogP contribution in [0.5, 0.6) is 0 Å². The lowest BCUT2D eigenvalue weighted by Gasteiger charge is -2.21. The molecule has 17 nitrogen and oxygen atoms in total. The Morgan fingerprint density at radius 2 is 0.490 bits per heavy atom. The van der Waals surface area contributed by atoms with Crippen LogP contribution in [0, 0.1) is 23.7 Å². The third kappa shape index (κ3) is 71.1. The van der Waals surface area contributed by atoms with Gasteiger partial charge < -0.3 is 33.8 Å². The van der Waals surface area contributed by atoms with Gasteiger partial charge in [0, 0.05) is 25.7 Å². The molecule has 0 aromatic carbocycles. The van der Waals surface area contributed by atoms with Gasteiger partial charge in [-0.15, -0.1) is 0 Å². The molecule has 98 heavy (non-hydrogen) atoms. The number of hydrogen-bond donors (Lipinski definition) is 3. The van der Waals surface area contributed by atoms with Crippen molar-refractivity contribution >= 4 is 39.5 Å². The fourth-order valence-corrected chi connectivity index (χ4v) is 13.6. The molecule has 582 valence electrons. The van der Waals surface area contributed by atoms with E-state index < -0.39 is 97.5 Å². The second kappa shape index (κ2) is 68.2. The molecule has 0 aromatic heterocycles. The van der Waals surface area contributed by atoms with Gasteiger partial charge in [-0.3, -0.25) is 37.3 Å². The SMILES string of the molecule is CCC(C)CCCCCCCCCCCCC(=O)OC[C@H](COP(=O)(O)OCC(O)COP(=O)(O)OC[C@@H](COC(=O)CCCCCCCCCC(C)C)OC(=O)CCCCCCCCCCCCCCCCCCCCC(C)C)OC(=O)CCCCCCCCCCCCC(C)C. The van der Waals surface area contributed by atoms with Gasteiger partial charge in [0.05, 0.1) is 26.4 Å². The summed E-state index contributed by atoms with van der Waals surface area (Å²) in [5, 5.41) is 10.6. The Balaban J connectivity index is 5.20. The summed E-state index contributed by atoms with van der Waals surface area (Å²) < 4.78 is 68.6. The maximum absolute atomic E-state index is 13.1. The zero-order valence-electron chi connectivity index (χ0n) is 64.4. The quantitative estimate of drug-likeness (QED) is 0.0222. The van der Waals surface area contributed by atoms with Crippen LogP contribution in [0.15, 0.2) is 0 Å². The van der Waals surface area contributed by atoms with Crippen molar-refractivity contribution < 1.29 is 80.2 Å². The molecule has 0 rings (SSSR count). The number of ether oxygens (including phenoxy) is 4. The summed E-state index contributed by atoms with van der Waals surface area (Å²) in [6.07, 6.45) is 54.2. The van der Waals surface area contributed by atoms with E-state index in [0.717, 1.165) is 114 Å². The van der Waals surface area contributed by atoms with Gasteiger partial charge in [-0.25, -0.2) is 9.13 Å². The third-order valence-electron chi connectivity index (χ3n) is 18.7. The predicted octanol–water partition coefficient (Wildman–Crippen LogP) is 23.2. The van der Waals surface area contributed by atoms with Gasteiger partial charge in [-0.2, -0.15) is 0 Å². The first kappa shape index (κ1) is 96.1. The molecule has 0 fully saturated rings. The van der Waals surface area contributed by atoms with Crippen molar-refractivity contribution in [1.82, 2.24) is 0 Å². The summed E-state index contributed by atoms with van der Waals surface area (Å²) in [6, 6.07) is 0. The van der Waals surface area contributed by atoms with Crippen molar-refractivity contribution in [1.29, 1.82) is 0 Å². The van der Waals surface area contributed by atoms with Crippen LogP contribution in [0.4, 0.5) is 0 Å². The monoisotopic (exact) mass is 1440 g/mol. The van der Waals surface area contributed by atoms with E-state index in [-0.39, 0.29) is 25.7 Å². The van der Waals surface area contributed by atoms with Crippen LogP contribution < -0.4 is 0 Å². The fourth-order valence-electron chi connectivity index (χ4n) is 12.0. The Morgan fingerprint density at radius 3 is 0.724 bits per heavy atom. The van der Waals surface area contributed by atoms with E-state index in [4.69, 9.17) is 37.0 Å². The normalized spacial score (nSPS) is 14.3. The summed E-state index contributed by atoms with van der Waals surface area (Å²) in [4.78, 5) is 72.9. The standard InChI is InChI=1S/C79H154O17P2/c1-9-72(8)58-50-42-34-26-21-23-27-35-43-51-59-76(81)89-65-74(95-79(84)62-54-46-37-29-22-20-25-32-40-48-56-70(4)5)67-93-97(85,86)91-63-73(80)64-92-98(87,88)94-68-75(66-90-77(82)60-52-44-38-30-33-41-49-57-71(6)7)96-78(83)61-53-45-36-28-19-17-15-13-11-10-12-14-16-18-24-31-39-47-55-69(2)3/h69-75,80H,9-68H2,1-8H3,(H,85,86)(H,87,88)/t72?,73?,74-,75-/m1/s1. The van der Waals surface area contributed by atoms with Gasteiger partial charge in [-0.05, 0) is 49.4 Å². The molecule has 0 spiro atoms. The topological polar surface area (TPSA) is 237 Å². The number of phosphoric acid groups is 2. The molecule has 0 aromatic rings. The van der Waals surface area contributed by atoms with Gasteiger partial charge in [0.25, 0.3) is 0 Å². The van der Waals surface area contributed by atoms with E-state index in [9.17, 15) is 43.2 Å². The summed E-state index contributed by atoms with van der Waals surface area (Å²) in [5.74, 6) is 0.968. The van der Waals surface area contributed by atoms with Gasteiger partial charge >= 0.3 is 39.5 Å². The molecule has 0 aliphatic heterocycles. The minimum Gasteiger partial charge on any atom is -0.462 e. The van der Waals surface area contributed by atoms with E-state index >= 15 is 0 Å². The number of phosphoric ester groups is 2. The second-order valence-corrected chi connectivity index (χ2v) is 33.0. The van der Waals surface area contributed by atoms with Crippen LogP contribution in [-0.2, 0) is 65.4 Å². The van der Waals surface area contributed by atoms with Crippen LogP contribution in [0.25, 0.3) is 0 Å². The summed E-state index contributed by atoms with van der Waals surface area (Å²) in [7, 11) is -9.92. The molecular formula is C79H154O17P2. The minimum atomic E-state index is -4.96. The fraction of sp³-hybridized carbons (Fsp3) is 0.949. The first-order valence-electron chi connectivity index (χ1n) is 40.7. The number of carbonyl (C=O) groups excluding carboxylic acids is 4. The Bertz CT molecular complexity index is 1920. The number of unbranched alkanes of at least 4 members (excludes halogenated alkanes) is 41. The Kier molecular flexibility index (Phi) is 66.8. The lowest BCUT2D eigenvalue weighted by Crippen LogP contribution is -2.30. The predicted molar refractivity (Wildman–Crippen MR) is 400 cm³/mol. The van der Waals surface area contributed by atoms with Gasteiger partial charge in [0.1, 0.15) is 19.3 Å². The van der Waals surface area contributed by atoms with Gasteiger partial charge in [0.15, 0.2) is 12.2 Å². The van der Waals surface area contributed by atoms with Crippen LogP contribution in [0.3, 0.4) is 0 Å². The molecule has 0 saturated carbocycles. The smallest absolute Gasteiger partial charge is 0.462 e. The maximum atomic E-state index is 13.1. The van der Waals surface area contributed by atoms with E-state index in [0.29, 0.717) is 31.6 Å². The molecule has 0 amide bonds. The van der Waals surface area contributed by atoms with Crippen molar-refractivity contribution in [2.75, 3.05) is 39.6 Å². The molecule has 0 aliphatic rings. The van der Waals surface area contributed by atoms with E-state index in [2.05, 4.69) is 55.4 Å². The largest absolute Gasteiger partial charge is 0.472 e. The first-order valence-corrected chi connectivity index (χ1v) is 43.7. The molecule has 0 aliphatic carbocycles. The number of rotatable bonds is 76. The Morgan fingerprint density at radius 1 is 0.286 bits per heavy atom. The highest BCUT2D eigenvalue weighted by Gasteiger charge is 2.30. The molecule has 4 unspecified atom stereocenters. The molecule has 0 heterocycles. The highest BCUT2D eigenvalue weighted by molar-refractivity contribution is 7.47. The van der Waals surface area contributed by atoms with Crippen molar-refractivity contribution in [2.45, 2.75) is 420 Å². The Hall–Kier alpha value is -1.94. The molecular weight excluding hydrogens is 1280 g/mol. The highest BCUT2D eigenvalue weighted by atomic mass is 31.2. The van der Waals surface area contributed by atoms with E-state index in [1.807, 2.05) is 0 Å². The highest BCUT2D eigenvalue weighted by Crippen LogP contribution is 2.45. The molecule has 0 bridgehead atoms. The summed E-state index contributed by atoms with van der Waals surface area (Å²) in [6.45, 7) is 14.2. The van der Waals surface area contributed by atoms with Crippen molar-refractivity contribution in [3.8, 4) is 0 Å². The van der Waals surface area contributed by atoms with Gasteiger partial charge in [0.2, 0.25) is 0 Å². The summed E-state index contributed by atoms with van der Waals surface area (Å²) >= 11 is 0. The van der Waals surface area contributed by atoms with Crippen molar-refractivity contribution in [3.05, 3.63) is 0 Å². The van der Waals surface area contributed by atoms with Crippen molar-refractivity contribution in [3.63, 3.8) is 0 Å². The van der Waals surface area contributed by atoms with Crippen molar-refractivity contribution in [2.24, 2.45) is 23.7 Å². The van der Waals surface area contributed by atoms with E-state index in [1.165, 1.54) is 199 Å². The lowest BCUT2D eigenvalue weighted by atomic mass is 9.99.